The summed E-state index contributed by atoms with van der Waals surface area (Å²) in [5.41, 5.74) is -0.199. The molecule has 0 radical (unpaired) electrons. The lowest BCUT2D eigenvalue weighted by Crippen LogP contribution is -2.69. The number of rotatable bonds is 4. The smallest absolute Gasteiger partial charge is 0.305 e. The van der Waals surface area contributed by atoms with Crippen molar-refractivity contribution >= 4 is 5.97 Å². The number of likely N-dealkylation sites (tertiary alicyclic amines) is 1. The van der Waals surface area contributed by atoms with Crippen molar-refractivity contribution in [2.24, 2.45) is 5.92 Å². The number of aliphatic hydroxyl groups excluding tert-OH is 1. The lowest BCUT2D eigenvalue weighted by atomic mass is 9.86. The molecule has 5 heteroatoms. The number of nitrogens with zero attached hydrogens (tertiary/aromatic N) is 1. The minimum Gasteiger partial charge on any atom is -0.481 e. The number of hydrogen-bond donors (Lipinski definition) is 3. The number of carboxylic acid groups (broad SMARTS) is 1. The lowest BCUT2D eigenvalue weighted by Gasteiger charge is -2.48. The van der Waals surface area contributed by atoms with Crippen molar-refractivity contribution < 1.29 is 15.0 Å². The first kappa shape index (κ1) is 11.8. The zero-order valence-electron chi connectivity index (χ0n) is 9.65. The molecule has 2 rings (SSSR count). The standard InChI is InChI=1S/C11H20N2O3/c1-8(14)9-2-3-13(5-9)11(4-10(15)16)6-12-7-11/h8-9,12,14H,2-7H2,1H3,(H,15,16). The molecule has 5 nitrogen and oxygen atoms in total. The highest BCUT2D eigenvalue weighted by Gasteiger charge is 2.47. The summed E-state index contributed by atoms with van der Waals surface area (Å²) < 4.78 is 0. The molecule has 2 aliphatic heterocycles. The molecule has 0 bridgehead atoms. The SMILES string of the molecule is CC(O)C1CCN(C2(CC(=O)O)CNC2)C1. The second-order valence-corrected chi connectivity index (χ2v) is 5.13. The van der Waals surface area contributed by atoms with Crippen molar-refractivity contribution in [1.29, 1.82) is 0 Å². The van der Waals surface area contributed by atoms with Crippen molar-refractivity contribution in [2.45, 2.75) is 31.4 Å². The van der Waals surface area contributed by atoms with Crippen LogP contribution in [0.3, 0.4) is 0 Å². The van der Waals surface area contributed by atoms with Crippen molar-refractivity contribution in [3.8, 4) is 0 Å². The molecule has 2 heterocycles. The van der Waals surface area contributed by atoms with Gasteiger partial charge in [-0.25, -0.2) is 0 Å². The van der Waals surface area contributed by atoms with Crippen molar-refractivity contribution in [2.75, 3.05) is 26.2 Å². The molecule has 92 valence electrons. The summed E-state index contributed by atoms with van der Waals surface area (Å²) in [6, 6.07) is 0. The van der Waals surface area contributed by atoms with E-state index in [2.05, 4.69) is 10.2 Å². The highest BCUT2D eigenvalue weighted by Crippen LogP contribution is 2.32. The molecule has 16 heavy (non-hydrogen) atoms. The molecule has 3 N–H and O–H groups in total. The molecule has 0 spiro atoms. The van der Waals surface area contributed by atoms with Gasteiger partial charge in [0.25, 0.3) is 0 Å². The summed E-state index contributed by atoms with van der Waals surface area (Å²) in [6.07, 6.45) is 0.880. The highest BCUT2D eigenvalue weighted by atomic mass is 16.4. The third-order valence-corrected chi connectivity index (χ3v) is 3.97. The third kappa shape index (κ3) is 2.07. The van der Waals surface area contributed by atoms with Gasteiger partial charge in [-0.05, 0) is 25.8 Å². The number of aliphatic carboxylic acids is 1. The van der Waals surface area contributed by atoms with Crippen LogP contribution in [-0.2, 0) is 4.79 Å². The van der Waals surface area contributed by atoms with Gasteiger partial charge in [-0.3, -0.25) is 9.69 Å². The molecule has 2 unspecified atom stereocenters. The maximum atomic E-state index is 10.9. The van der Waals surface area contributed by atoms with E-state index in [0.717, 1.165) is 32.6 Å². The molecule has 0 saturated carbocycles. The average molecular weight is 228 g/mol. The van der Waals surface area contributed by atoms with Crippen LogP contribution >= 0.6 is 0 Å². The van der Waals surface area contributed by atoms with E-state index in [1.165, 1.54) is 0 Å². The molecule has 0 amide bonds. The maximum Gasteiger partial charge on any atom is 0.305 e. The monoisotopic (exact) mass is 228 g/mol. The largest absolute Gasteiger partial charge is 0.481 e. The molecule has 0 aliphatic carbocycles. The Labute approximate surface area is 95.4 Å². The fourth-order valence-corrected chi connectivity index (χ4v) is 2.77. The Balaban J connectivity index is 1.98. The molecule has 2 atom stereocenters. The van der Waals surface area contributed by atoms with Gasteiger partial charge in [-0.1, -0.05) is 0 Å². The Kier molecular flexibility index (Phi) is 3.19. The van der Waals surface area contributed by atoms with Crippen molar-refractivity contribution in [3.05, 3.63) is 0 Å². The summed E-state index contributed by atoms with van der Waals surface area (Å²) >= 11 is 0. The normalized spacial score (nSPS) is 31.0. The van der Waals surface area contributed by atoms with E-state index in [-0.39, 0.29) is 18.1 Å². The minimum atomic E-state index is -0.734. The van der Waals surface area contributed by atoms with Gasteiger partial charge in [0.1, 0.15) is 0 Å². The first-order chi connectivity index (χ1) is 7.53. The Bertz CT molecular complexity index is 276. The van der Waals surface area contributed by atoms with Gasteiger partial charge in [0.15, 0.2) is 0 Å². The van der Waals surface area contributed by atoms with Gasteiger partial charge in [0, 0.05) is 19.6 Å². The maximum absolute atomic E-state index is 10.9. The molecular formula is C11H20N2O3. The van der Waals surface area contributed by atoms with E-state index < -0.39 is 5.97 Å². The van der Waals surface area contributed by atoms with Gasteiger partial charge in [0.2, 0.25) is 0 Å². The summed E-state index contributed by atoms with van der Waals surface area (Å²) in [4.78, 5) is 13.1. The van der Waals surface area contributed by atoms with Gasteiger partial charge in [0.05, 0.1) is 18.1 Å². The minimum absolute atomic E-state index is 0.199. The van der Waals surface area contributed by atoms with Crippen LogP contribution in [0, 0.1) is 5.92 Å². The number of hydrogen-bond acceptors (Lipinski definition) is 4. The molecule has 2 aliphatic rings. The van der Waals surface area contributed by atoms with Crippen LogP contribution in [0.5, 0.6) is 0 Å². The summed E-state index contributed by atoms with van der Waals surface area (Å²) in [7, 11) is 0. The Morgan fingerprint density at radius 2 is 2.31 bits per heavy atom. The van der Waals surface area contributed by atoms with Crippen LogP contribution in [0.4, 0.5) is 0 Å². The fraction of sp³-hybridized carbons (Fsp3) is 0.909. The predicted octanol–water partition coefficient (Wildman–Crippen LogP) is -0.494. The van der Waals surface area contributed by atoms with Crippen LogP contribution in [0.15, 0.2) is 0 Å². The van der Waals surface area contributed by atoms with Gasteiger partial charge < -0.3 is 15.5 Å². The van der Waals surface area contributed by atoms with E-state index in [9.17, 15) is 9.90 Å². The zero-order valence-corrected chi connectivity index (χ0v) is 9.65. The lowest BCUT2D eigenvalue weighted by molar-refractivity contribution is -0.141. The van der Waals surface area contributed by atoms with E-state index >= 15 is 0 Å². The Morgan fingerprint density at radius 3 is 2.69 bits per heavy atom. The second kappa shape index (κ2) is 4.31. The van der Waals surface area contributed by atoms with Crippen LogP contribution in [0.25, 0.3) is 0 Å². The van der Waals surface area contributed by atoms with Crippen LogP contribution in [-0.4, -0.2) is 58.9 Å². The number of nitrogens with one attached hydrogen (secondary N) is 1. The molecule has 0 aromatic rings. The highest BCUT2D eigenvalue weighted by molar-refractivity contribution is 5.68. The molecule has 0 aromatic heterocycles. The van der Waals surface area contributed by atoms with Crippen molar-refractivity contribution in [3.63, 3.8) is 0 Å². The quantitative estimate of drug-likeness (QED) is 0.605. The van der Waals surface area contributed by atoms with E-state index in [1.54, 1.807) is 0 Å². The average Bonchev–Trinajstić information content (AvgIpc) is 2.59. The number of carboxylic acids is 1. The zero-order chi connectivity index (χ0) is 11.8. The Morgan fingerprint density at radius 1 is 1.62 bits per heavy atom. The van der Waals surface area contributed by atoms with Crippen molar-refractivity contribution in [1.82, 2.24) is 10.2 Å². The molecule has 2 fully saturated rings. The van der Waals surface area contributed by atoms with E-state index in [0.29, 0.717) is 5.92 Å². The first-order valence-electron chi connectivity index (χ1n) is 5.89. The van der Waals surface area contributed by atoms with E-state index in [4.69, 9.17) is 5.11 Å². The van der Waals surface area contributed by atoms with Gasteiger partial charge >= 0.3 is 5.97 Å². The fourth-order valence-electron chi connectivity index (χ4n) is 2.77. The predicted molar refractivity (Wildman–Crippen MR) is 59.2 cm³/mol. The molecule has 0 aromatic carbocycles. The molecule has 2 saturated heterocycles. The first-order valence-corrected chi connectivity index (χ1v) is 5.89. The summed E-state index contributed by atoms with van der Waals surface area (Å²) in [5, 5.41) is 21.7. The summed E-state index contributed by atoms with van der Waals surface area (Å²) in [6.45, 7) is 5.06. The van der Waals surface area contributed by atoms with Gasteiger partial charge in [-0.2, -0.15) is 0 Å². The van der Waals surface area contributed by atoms with Crippen LogP contribution in [0.1, 0.15) is 19.8 Å². The third-order valence-electron chi connectivity index (χ3n) is 3.97. The number of aliphatic hydroxyl groups is 1. The molecular weight excluding hydrogens is 208 g/mol. The van der Waals surface area contributed by atoms with E-state index in [1.807, 2.05) is 6.92 Å². The number of carbonyl (C=O) groups is 1. The second-order valence-electron chi connectivity index (χ2n) is 5.13. The van der Waals surface area contributed by atoms with Crippen LogP contribution in [0.2, 0.25) is 0 Å². The topological polar surface area (TPSA) is 72.8 Å². The summed E-state index contributed by atoms with van der Waals surface area (Å²) in [5.74, 6) is -0.437. The Hall–Kier alpha value is -0.650. The van der Waals surface area contributed by atoms with Gasteiger partial charge in [-0.15, -0.1) is 0 Å². The van der Waals surface area contributed by atoms with Crippen LogP contribution < -0.4 is 5.32 Å².